The molecule has 2 aliphatic rings. The Morgan fingerprint density at radius 2 is 1.68 bits per heavy atom. The minimum atomic E-state index is -0.147. The van der Waals surface area contributed by atoms with Crippen LogP contribution >= 0.6 is 11.6 Å². The molecule has 1 N–H and O–H groups in total. The van der Waals surface area contributed by atoms with Gasteiger partial charge in [-0.1, -0.05) is 97.6 Å². The van der Waals surface area contributed by atoms with Gasteiger partial charge in [-0.25, -0.2) is 10.4 Å². The second kappa shape index (κ2) is 10.6. The molecule has 1 heterocycles. The van der Waals surface area contributed by atoms with Crippen molar-refractivity contribution in [3.05, 3.63) is 116 Å². The number of hydrogen-bond donors (Lipinski definition) is 1. The fourth-order valence-corrected chi connectivity index (χ4v) is 6.26. The summed E-state index contributed by atoms with van der Waals surface area (Å²) in [5, 5.41) is 5.14. The Hall–Kier alpha value is -3.70. The number of aryl methyl sites for hydroxylation is 1. The summed E-state index contributed by atoms with van der Waals surface area (Å²) in [5.74, 6) is 0.470. The lowest BCUT2D eigenvalue weighted by Gasteiger charge is -2.42. The molecule has 1 fully saturated rings. The van der Waals surface area contributed by atoms with Gasteiger partial charge in [-0.2, -0.15) is 5.10 Å². The molecule has 4 aromatic rings. The Labute approximate surface area is 228 Å². The van der Waals surface area contributed by atoms with Crippen molar-refractivity contribution >= 4 is 23.8 Å². The zero-order valence-corrected chi connectivity index (χ0v) is 22.1. The minimum Gasteiger partial charge on any atom is -0.277 e. The van der Waals surface area contributed by atoms with Crippen molar-refractivity contribution in [3.63, 3.8) is 0 Å². The first-order valence-corrected chi connectivity index (χ1v) is 13.8. The van der Waals surface area contributed by atoms with E-state index < -0.39 is 0 Å². The van der Waals surface area contributed by atoms with Crippen LogP contribution in [0.15, 0.2) is 88.8 Å². The monoisotopic (exact) mass is 522 g/mol. The highest BCUT2D eigenvalue weighted by molar-refractivity contribution is 6.30. The number of anilines is 1. The quantitative estimate of drug-likeness (QED) is 0.219. The number of hydrazone groups is 1. The third kappa shape index (κ3) is 4.79. The lowest BCUT2D eigenvalue weighted by molar-refractivity contribution is 0.283. The molecule has 1 saturated carbocycles. The number of nitrogens with zero attached hydrogens (tertiary/aromatic N) is 3. The zero-order chi connectivity index (χ0) is 26.0. The van der Waals surface area contributed by atoms with Crippen molar-refractivity contribution in [2.24, 2.45) is 5.10 Å². The van der Waals surface area contributed by atoms with E-state index in [-0.39, 0.29) is 11.0 Å². The zero-order valence-electron chi connectivity index (χ0n) is 21.4. The number of nitrogens with one attached hydrogen (secondary N) is 1. The van der Waals surface area contributed by atoms with E-state index in [1.54, 1.807) is 10.8 Å². The van der Waals surface area contributed by atoms with Crippen LogP contribution in [0.4, 0.5) is 5.95 Å². The molecule has 0 atom stereocenters. The third-order valence-corrected chi connectivity index (χ3v) is 8.28. The maximum absolute atomic E-state index is 14.4. The van der Waals surface area contributed by atoms with Crippen LogP contribution in [0, 0.1) is 0 Å². The van der Waals surface area contributed by atoms with Gasteiger partial charge in [-0.3, -0.25) is 9.36 Å². The van der Waals surface area contributed by atoms with E-state index in [0.717, 1.165) is 60.9 Å². The van der Waals surface area contributed by atoms with Crippen molar-refractivity contribution in [1.82, 2.24) is 9.55 Å². The molecule has 192 valence electrons. The molecular weight excluding hydrogens is 492 g/mol. The van der Waals surface area contributed by atoms with Gasteiger partial charge in [-0.15, -0.1) is 0 Å². The van der Waals surface area contributed by atoms with Gasteiger partial charge in [0.2, 0.25) is 5.95 Å². The van der Waals surface area contributed by atoms with E-state index >= 15 is 0 Å². The Bertz CT molecular complexity index is 1520. The molecule has 6 heteroatoms. The molecule has 0 aliphatic heterocycles. The molecule has 2 aliphatic carbocycles. The summed E-state index contributed by atoms with van der Waals surface area (Å²) in [5.41, 5.74) is 9.19. The fourth-order valence-electron chi connectivity index (χ4n) is 6.13. The molecule has 0 bridgehead atoms. The predicted octanol–water partition coefficient (Wildman–Crippen LogP) is 7.01. The maximum atomic E-state index is 14.4. The molecule has 0 unspecified atom stereocenters. The molecule has 0 amide bonds. The second-order valence-corrected chi connectivity index (χ2v) is 10.9. The average molecular weight is 523 g/mol. The van der Waals surface area contributed by atoms with Gasteiger partial charge in [0.15, 0.2) is 0 Å². The predicted molar refractivity (Wildman–Crippen MR) is 155 cm³/mol. The van der Waals surface area contributed by atoms with Gasteiger partial charge in [-0.05, 0) is 54.5 Å². The van der Waals surface area contributed by atoms with Crippen LogP contribution in [-0.4, -0.2) is 15.8 Å². The van der Waals surface area contributed by atoms with Crippen molar-refractivity contribution < 1.29 is 0 Å². The Kier molecular flexibility index (Phi) is 6.86. The number of halogens is 1. The van der Waals surface area contributed by atoms with Gasteiger partial charge >= 0.3 is 0 Å². The summed E-state index contributed by atoms with van der Waals surface area (Å²) in [7, 11) is 0. The van der Waals surface area contributed by atoms with Crippen molar-refractivity contribution in [2.45, 2.75) is 56.9 Å². The van der Waals surface area contributed by atoms with E-state index in [0.29, 0.717) is 17.5 Å². The van der Waals surface area contributed by atoms with Crippen molar-refractivity contribution in [3.8, 4) is 11.3 Å². The third-order valence-electron chi connectivity index (χ3n) is 8.03. The maximum Gasteiger partial charge on any atom is 0.259 e. The molecule has 1 spiro atoms. The lowest BCUT2D eigenvalue weighted by Crippen LogP contribution is -2.43. The first-order valence-electron chi connectivity index (χ1n) is 13.5. The van der Waals surface area contributed by atoms with E-state index in [1.165, 1.54) is 17.5 Å². The summed E-state index contributed by atoms with van der Waals surface area (Å²) in [6.07, 6.45) is 8.96. The Morgan fingerprint density at radius 3 is 2.47 bits per heavy atom. The molecule has 38 heavy (non-hydrogen) atoms. The normalized spacial score (nSPS) is 15.8. The molecular formula is C32H31ClN4O. The van der Waals surface area contributed by atoms with Gasteiger partial charge < -0.3 is 0 Å². The molecule has 1 aromatic heterocycles. The van der Waals surface area contributed by atoms with Gasteiger partial charge in [0.25, 0.3) is 5.56 Å². The number of hydrogen-bond acceptors (Lipinski definition) is 4. The number of rotatable bonds is 6. The summed E-state index contributed by atoms with van der Waals surface area (Å²) in [6, 6.07) is 26.2. The van der Waals surface area contributed by atoms with Crippen LogP contribution in [0.25, 0.3) is 11.3 Å². The summed E-state index contributed by atoms with van der Waals surface area (Å²) in [4.78, 5) is 19.6. The molecule has 0 radical (unpaired) electrons. The first-order chi connectivity index (χ1) is 18.6. The van der Waals surface area contributed by atoms with E-state index in [4.69, 9.17) is 16.6 Å². The summed E-state index contributed by atoms with van der Waals surface area (Å²) >= 11 is 6.03. The molecule has 5 nitrogen and oxygen atoms in total. The first kappa shape index (κ1) is 24.6. The van der Waals surface area contributed by atoms with Crippen molar-refractivity contribution in [1.29, 1.82) is 0 Å². The smallest absolute Gasteiger partial charge is 0.259 e. The standard InChI is InChI=1S/C32H31ClN4O/c33-26-15-13-24(14-16-26)22-34-36-31-35-29-27-12-6-5-11-25(27)21-32(18-7-2-8-19-32)28(29)30(38)37(31)20-17-23-9-3-1-4-10-23/h1,3-6,9-16,22H,2,7-8,17-21H2,(H,35,36)/b34-22+. The van der Waals surface area contributed by atoms with Crippen LogP contribution < -0.4 is 11.0 Å². The van der Waals surface area contributed by atoms with E-state index in [9.17, 15) is 4.79 Å². The highest BCUT2D eigenvalue weighted by atomic mass is 35.5. The van der Waals surface area contributed by atoms with Crippen LogP contribution in [0.1, 0.15) is 54.4 Å². The highest BCUT2D eigenvalue weighted by Crippen LogP contribution is 2.48. The topological polar surface area (TPSA) is 59.3 Å². The van der Waals surface area contributed by atoms with Gasteiger partial charge in [0.1, 0.15) is 0 Å². The van der Waals surface area contributed by atoms with Crippen molar-refractivity contribution in [2.75, 3.05) is 5.43 Å². The van der Waals surface area contributed by atoms with E-state index in [1.807, 2.05) is 48.5 Å². The summed E-state index contributed by atoms with van der Waals surface area (Å²) in [6.45, 7) is 0.527. The fraction of sp³-hybridized carbons (Fsp3) is 0.281. The van der Waals surface area contributed by atoms with Crippen LogP contribution in [-0.2, 0) is 24.8 Å². The number of fused-ring (bicyclic) bond motifs is 4. The van der Waals surface area contributed by atoms with Crippen LogP contribution in [0.3, 0.4) is 0 Å². The van der Waals surface area contributed by atoms with Gasteiger partial charge in [0.05, 0.1) is 17.5 Å². The molecule has 3 aromatic carbocycles. The number of benzene rings is 3. The lowest BCUT2D eigenvalue weighted by atomic mass is 9.62. The Morgan fingerprint density at radius 1 is 0.947 bits per heavy atom. The average Bonchev–Trinajstić information content (AvgIpc) is 2.94. The summed E-state index contributed by atoms with van der Waals surface area (Å²) < 4.78 is 1.80. The second-order valence-electron chi connectivity index (χ2n) is 10.4. The molecule has 0 saturated heterocycles. The highest BCUT2D eigenvalue weighted by Gasteiger charge is 2.43. The van der Waals surface area contributed by atoms with Crippen LogP contribution in [0.5, 0.6) is 0 Å². The SMILES string of the molecule is O=c1c2c(nc(N/N=C/c3ccc(Cl)cc3)n1CCc1ccccc1)-c1ccccc1CC21CCCCC1. The largest absolute Gasteiger partial charge is 0.277 e. The number of aromatic nitrogens is 2. The minimum absolute atomic E-state index is 0.0616. The molecule has 6 rings (SSSR count). The van der Waals surface area contributed by atoms with Gasteiger partial charge in [0, 0.05) is 22.5 Å². The van der Waals surface area contributed by atoms with Crippen LogP contribution in [0.2, 0.25) is 5.02 Å². The van der Waals surface area contributed by atoms with E-state index in [2.05, 4.69) is 40.9 Å². The Balaban J connectivity index is 1.46.